The van der Waals surface area contributed by atoms with Crippen LogP contribution < -0.4 is 4.74 Å². The van der Waals surface area contributed by atoms with E-state index in [-0.39, 0.29) is 5.56 Å². The number of carbonyl (C=O) groups is 2. The minimum absolute atomic E-state index is 0.170. The number of nitro benzene ring substituents is 1. The minimum atomic E-state index is -0.815. The number of nitro groups is 1. The zero-order valence-electron chi connectivity index (χ0n) is 9.13. The highest BCUT2D eigenvalue weighted by molar-refractivity contribution is 5.95. The fourth-order valence-corrected chi connectivity index (χ4v) is 1.19. The number of para-hydroxylation sites is 1. The van der Waals surface area contributed by atoms with Gasteiger partial charge in [-0.05, 0) is 6.07 Å². The fourth-order valence-electron chi connectivity index (χ4n) is 1.19. The van der Waals surface area contributed by atoms with Gasteiger partial charge in [0.25, 0.3) is 0 Å². The Hall–Kier alpha value is -2.44. The van der Waals surface area contributed by atoms with Crippen LogP contribution in [0.2, 0.25) is 0 Å². The maximum Gasteiger partial charge on any atom is 0.341 e. The summed E-state index contributed by atoms with van der Waals surface area (Å²) in [4.78, 5) is 32.2. The van der Waals surface area contributed by atoms with E-state index in [9.17, 15) is 19.7 Å². The number of ether oxygens (including phenoxy) is 2. The third kappa shape index (κ3) is 2.77. The number of methoxy groups -OCH3 is 1. The summed E-state index contributed by atoms with van der Waals surface area (Å²) < 4.78 is 9.12. The van der Waals surface area contributed by atoms with Gasteiger partial charge in [-0.1, -0.05) is 6.07 Å². The summed E-state index contributed by atoms with van der Waals surface area (Å²) in [7, 11) is 1.12. The Kier molecular flexibility index (Phi) is 3.76. The van der Waals surface area contributed by atoms with Crippen molar-refractivity contribution in [1.82, 2.24) is 0 Å². The third-order valence-electron chi connectivity index (χ3n) is 1.84. The van der Waals surface area contributed by atoms with Gasteiger partial charge in [0.15, 0.2) is 0 Å². The van der Waals surface area contributed by atoms with Crippen molar-refractivity contribution in [1.29, 1.82) is 0 Å². The van der Waals surface area contributed by atoms with Crippen molar-refractivity contribution in [3.8, 4) is 5.75 Å². The minimum Gasteiger partial charge on any atom is -0.465 e. The molecule has 0 saturated carbocycles. The molecule has 0 spiro atoms. The monoisotopic (exact) mass is 239 g/mol. The predicted octanol–water partition coefficient (Wildman–Crippen LogP) is 1.31. The first-order valence-electron chi connectivity index (χ1n) is 4.51. The van der Waals surface area contributed by atoms with E-state index < -0.39 is 28.3 Å². The molecule has 0 aromatic heterocycles. The summed E-state index contributed by atoms with van der Waals surface area (Å²) in [5.74, 6) is -1.98. The van der Waals surface area contributed by atoms with Crippen LogP contribution in [0.3, 0.4) is 0 Å². The first-order chi connectivity index (χ1) is 7.97. The van der Waals surface area contributed by atoms with Gasteiger partial charge in [-0.3, -0.25) is 14.9 Å². The highest BCUT2D eigenvalue weighted by Crippen LogP contribution is 2.31. The quantitative estimate of drug-likeness (QED) is 0.341. The SMILES string of the molecule is COC(=O)c1cccc([N+](=O)[O-])c1OC(C)=O. The maximum atomic E-state index is 11.4. The predicted molar refractivity (Wildman–Crippen MR) is 55.7 cm³/mol. The lowest BCUT2D eigenvalue weighted by atomic mass is 10.1. The maximum absolute atomic E-state index is 11.4. The van der Waals surface area contributed by atoms with Gasteiger partial charge in [0.2, 0.25) is 5.75 Å². The van der Waals surface area contributed by atoms with Crippen molar-refractivity contribution >= 4 is 17.6 Å². The fraction of sp³-hybridized carbons (Fsp3) is 0.200. The van der Waals surface area contributed by atoms with Crippen molar-refractivity contribution < 1.29 is 24.0 Å². The molecule has 0 amide bonds. The Morgan fingerprint density at radius 3 is 2.47 bits per heavy atom. The van der Waals surface area contributed by atoms with Gasteiger partial charge in [0, 0.05) is 13.0 Å². The molecule has 0 unspecified atom stereocenters. The van der Waals surface area contributed by atoms with Gasteiger partial charge in [-0.15, -0.1) is 0 Å². The standard InChI is InChI=1S/C10H9NO6/c1-6(12)17-9-7(10(13)16-2)4-3-5-8(9)11(14)15/h3-5H,1-2H3. The third-order valence-corrected chi connectivity index (χ3v) is 1.84. The molecule has 0 saturated heterocycles. The van der Waals surface area contributed by atoms with Crippen LogP contribution in [0.5, 0.6) is 5.75 Å². The Labute approximate surface area is 96.1 Å². The number of carbonyl (C=O) groups excluding carboxylic acids is 2. The Morgan fingerprint density at radius 2 is 2.00 bits per heavy atom. The van der Waals surface area contributed by atoms with Crippen LogP contribution in [0, 0.1) is 10.1 Å². The van der Waals surface area contributed by atoms with Crippen LogP contribution in [-0.2, 0) is 9.53 Å². The average molecular weight is 239 g/mol. The molecule has 0 aliphatic rings. The molecule has 0 N–H and O–H groups in total. The van der Waals surface area contributed by atoms with Crippen LogP contribution >= 0.6 is 0 Å². The van der Waals surface area contributed by atoms with E-state index in [2.05, 4.69) is 9.47 Å². The average Bonchev–Trinajstić information content (AvgIpc) is 2.27. The molecular formula is C10H9NO6. The van der Waals surface area contributed by atoms with E-state index in [1.54, 1.807) is 0 Å². The number of hydrogen-bond acceptors (Lipinski definition) is 6. The summed E-state index contributed by atoms with van der Waals surface area (Å²) in [5, 5.41) is 10.7. The molecule has 7 nitrogen and oxygen atoms in total. The molecule has 0 aliphatic heterocycles. The van der Waals surface area contributed by atoms with Crippen molar-refractivity contribution in [2.45, 2.75) is 6.92 Å². The molecule has 0 radical (unpaired) electrons. The van der Waals surface area contributed by atoms with E-state index in [0.717, 1.165) is 20.1 Å². The number of rotatable bonds is 3. The first-order valence-corrected chi connectivity index (χ1v) is 4.51. The van der Waals surface area contributed by atoms with Crippen molar-refractivity contribution in [3.63, 3.8) is 0 Å². The Morgan fingerprint density at radius 1 is 1.35 bits per heavy atom. The molecule has 1 rings (SSSR count). The molecular weight excluding hydrogens is 230 g/mol. The molecule has 0 fully saturated rings. The van der Waals surface area contributed by atoms with E-state index in [4.69, 9.17) is 0 Å². The molecule has 0 atom stereocenters. The highest BCUT2D eigenvalue weighted by Gasteiger charge is 2.24. The summed E-state index contributed by atoms with van der Waals surface area (Å²) >= 11 is 0. The van der Waals surface area contributed by atoms with E-state index in [0.29, 0.717) is 0 Å². The first kappa shape index (κ1) is 12.6. The van der Waals surface area contributed by atoms with Gasteiger partial charge >= 0.3 is 17.6 Å². The smallest absolute Gasteiger partial charge is 0.341 e. The van der Waals surface area contributed by atoms with Gasteiger partial charge in [-0.25, -0.2) is 4.79 Å². The van der Waals surface area contributed by atoms with E-state index in [1.807, 2.05) is 0 Å². The zero-order chi connectivity index (χ0) is 13.0. The lowest BCUT2D eigenvalue weighted by molar-refractivity contribution is -0.385. The van der Waals surface area contributed by atoms with Gasteiger partial charge in [0.05, 0.1) is 12.0 Å². The molecule has 1 aromatic carbocycles. The second-order valence-electron chi connectivity index (χ2n) is 3.00. The van der Waals surface area contributed by atoms with E-state index in [1.165, 1.54) is 12.1 Å². The lowest BCUT2D eigenvalue weighted by Crippen LogP contribution is -2.10. The Balaban J connectivity index is 3.38. The second-order valence-corrected chi connectivity index (χ2v) is 3.00. The number of nitrogens with zero attached hydrogens (tertiary/aromatic N) is 1. The summed E-state index contributed by atoms with van der Waals surface area (Å²) in [6, 6.07) is 3.71. The zero-order valence-corrected chi connectivity index (χ0v) is 9.13. The van der Waals surface area contributed by atoms with Gasteiger partial charge < -0.3 is 9.47 Å². The summed E-state index contributed by atoms with van der Waals surface area (Å²) in [6.07, 6.45) is 0. The molecule has 0 heterocycles. The summed E-state index contributed by atoms with van der Waals surface area (Å²) in [6.45, 7) is 1.08. The highest BCUT2D eigenvalue weighted by atomic mass is 16.6. The molecule has 1 aromatic rings. The molecule has 7 heteroatoms. The molecule has 90 valence electrons. The lowest BCUT2D eigenvalue weighted by Gasteiger charge is -2.07. The topological polar surface area (TPSA) is 95.7 Å². The van der Waals surface area contributed by atoms with Gasteiger partial charge in [0.1, 0.15) is 5.56 Å². The van der Waals surface area contributed by atoms with Crippen LogP contribution in [-0.4, -0.2) is 24.0 Å². The number of hydrogen-bond donors (Lipinski definition) is 0. The number of esters is 2. The van der Waals surface area contributed by atoms with E-state index >= 15 is 0 Å². The second kappa shape index (κ2) is 5.06. The van der Waals surface area contributed by atoms with Crippen LogP contribution in [0.25, 0.3) is 0 Å². The van der Waals surface area contributed by atoms with Crippen molar-refractivity contribution in [3.05, 3.63) is 33.9 Å². The largest absolute Gasteiger partial charge is 0.465 e. The molecule has 17 heavy (non-hydrogen) atoms. The van der Waals surface area contributed by atoms with Crippen LogP contribution in [0.15, 0.2) is 18.2 Å². The summed E-state index contributed by atoms with van der Waals surface area (Å²) in [5.41, 5.74) is -0.639. The molecule has 0 bridgehead atoms. The van der Waals surface area contributed by atoms with Crippen molar-refractivity contribution in [2.75, 3.05) is 7.11 Å². The Bertz CT molecular complexity index is 482. The normalized spacial score (nSPS) is 9.53. The van der Waals surface area contributed by atoms with Gasteiger partial charge in [-0.2, -0.15) is 0 Å². The van der Waals surface area contributed by atoms with Crippen LogP contribution in [0.1, 0.15) is 17.3 Å². The number of benzene rings is 1. The van der Waals surface area contributed by atoms with Crippen LogP contribution in [0.4, 0.5) is 5.69 Å². The molecule has 0 aliphatic carbocycles. The van der Waals surface area contributed by atoms with Crippen molar-refractivity contribution in [2.24, 2.45) is 0 Å².